The van der Waals surface area contributed by atoms with Crippen molar-refractivity contribution in [3.8, 4) is 0 Å². The van der Waals surface area contributed by atoms with Crippen molar-refractivity contribution in [3.05, 3.63) is 70.2 Å². The second kappa shape index (κ2) is 8.66. The number of hydrogen-bond donors (Lipinski definition) is 3. The zero-order chi connectivity index (χ0) is 19.2. The first-order valence-corrected chi connectivity index (χ1v) is 9.39. The van der Waals surface area contributed by atoms with Crippen LogP contribution >= 0.6 is 22.9 Å². The number of aromatic nitrogens is 1. The quantitative estimate of drug-likeness (QED) is 0.578. The molecule has 1 aromatic heterocycles. The molecule has 6 nitrogen and oxygen atoms in total. The van der Waals surface area contributed by atoms with Crippen molar-refractivity contribution in [2.45, 2.75) is 6.92 Å². The second-order valence-corrected chi connectivity index (χ2v) is 7.01. The Morgan fingerprint density at radius 3 is 2.70 bits per heavy atom. The number of carbonyl (C=O) groups excluding carboxylic acids is 2. The van der Waals surface area contributed by atoms with Gasteiger partial charge in [-0.1, -0.05) is 35.9 Å². The number of amides is 2. The maximum atomic E-state index is 12.2. The Bertz CT molecular complexity index is 959. The first kappa shape index (κ1) is 18.9. The molecule has 0 saturated heterocycles. The number of nitrogens with zero attached hydrogens (tertiary/aromatic N) is 1. The summed E-state index contributed by atoms with van der Waals surface area (Å²) < 4.78 is 0. The molecule has 3 rings (SSSR count). The van der Waals surface area contributed by atoms with Crippen LogP contribution in [0.1, 0.15) is 16.1 Å². The van der Waals surface area contributed by atoms with E-state index in [1.807, 2.05) is 37.3 Å². The molecule has 2 amide bonds. The summed E-state index contributed by atoms with van der Waals surface area (Å²) in [4.78, 5) is 28.3. The van der Waals surface area contributed by atoms with Crippen LogP contribution in [0.3, 0.4) is 0 Å². The summed E-state index contributed by atoms with van der Waals surface area (Å²) >= 11 is 7.31. The Morgan fingerprint density at radius 2 is 1.93 bits per heavy atom. The highest BCUT2D eigenvalue weighted by Gasteiger charge is 2.13. The maximum Gasteiger partial charge on any atom is 0.271 e. The SMILES string of the molecule is Cc1ccc(Cl)cc1Nc1nc(C(=O)NCC(=O)Nc2ccccc2)cs1. The molecule has 0 aliphatic rings. The Morgan fingerprint density at radius 1 is 1.15 bits per heavy atom. The van der Waals surface area contributed by atoms with Crippen LogP contribution in [0.4, 0.5) is 16.5 Å². The fourth-order valence-corrected chi connectivity index (χ4v) is 3.13. The molecule has 0 radical (unpaired) electrons. The van der Waals surface area contributed by atoms with Crippen molar-refractivity contribution in [2.24, 2.45) is 0 Å². The van der Waals surface area contributed by atoms with Gasteiger partial charge in [-0.15, -0.1) is 11.3 Å². The zero-order valence-corrected chi connectivity index (χ0v) is 16.0. The predicted molar refractivity (Wildman–Crippen MR) is 109 cm³/mol. The highest BCUT2D eigenvalue weighted by atomic mass is 35.5. The molecular formula is C19H17ClN4O2S. The number of benzene rings is 2. The minimum absolute atomic E-state index is 0.137. The first-order valence-electron chi connectivity index (χ1n) is 8.13. The number of hydrogen-bond acceptors (Lipinski definition) is 5. The van der Waals surface area contributed by atoms with Crippen LogP contribution in [0, 0.1) is 6.92 Å². The van der Waals surface area contributed by atoms with Crippen LogP contribution in [0.5, 0.6) is 0 Å². The average molecular weight is 401 g/mol. The lowest BCUT2D eigenvalue weighted by Gasteiger charge is -2.07. The number of halogens is 1. The topological polar surface area (TPSA) is 83.1 Å². The van der Waals surface area contributed by atoms with E-state index in [0.717, 1.165) is 11.3 Å². The third kappa shape index (κ3) is 5.29. The highest BCUT2D eigenvalue weighted by molar-refractivity contribution is 7.14. The second-order valence-electron chi connectivity index (χ2n) is 5.72. The van der Waals surface area contributed by atoms with Crippen LogP contribution in [0.2, 0.25) is 5.02 Å². The number of carbonyl (C=O) groups is 2. The molecule has 0 bridgehead atoms. The third-order valence-corrected chi connectivity index (χ3v) is 4.64. The van der Waals surface area contributed by atoms with Gasteiger partial charge in [0, 0.05) is 21.8 Å². The molecular weight excluding hydrogens is 384 g/mol. The number of thiazole rings is 1. The largest absolute Gasteiger partial charge is 0.342 e. The van der Waals surface area contributed by atoms with Crippen molar-refractivity contribution < 1.29 is 9.59 Å². The molecule has 0 unspecified atom stereocenters. The third-order valence-electron chi connectivity index (χ3n) is 3.65. The summed E-state index contributed by atoms with van der Waals surface area (Å²) in [6.45, 7) is 1.81. The molecule has 0 aliphatic carbocycles. The van der Waals surface area contributed by atoms with Crippen molar-refractivity contribution in [2.75, 3.05) is 17.2 Å². The predicted octanol–water partition coefficient (Wildman–Crippen LogP) is 4.22. The standard InChI is InChI=1S/C19H17ClN4O2S/c1-12-7-8-13(20)9-15(12)23-19-24-16(11-27-19)18(26)21-10-17(25)22-14-5-3-2-4-6-14/h2-9,11H,10H2,1H3,(H,21,26)(H,22,25)(H,23,24). The summed E-state index contributed by atoms with van der Waals surface area (Å²) in [7, 11) is 0. The van der Waals surface area contributed by atoms with Gasteiger partial charge >= 0.3 is 0 Å². The maximum absolute atomic E-state index is 12.2. The van der Waals surface area contributed by atoms with Gasteiger partial charge in [-0.2, -0.15) is 0 Å². The van der Waals surface area contributed by atoms with E-state index in [1.54, 1.807) is 23.6 Å². The Kier molecular flexibility index (Phi) is 6.05. The molecule has 0 atom stereocenters. The van der Waals surface area contributed by atoms with E-state index >= 15 is 0 Å². The van der Waals surface area contributed by atoms with Gasteiger partial charge in [0.05, 0.1) is 6.54 Å². The van der Waals surface area contributed by atoms with Crippen LogP contribution < -0.4 is 16.0 Å². The molecule has 27 heavy (non-hydrogen) atoms. The van der Waals surface area contributed by atoms with Gasteiger partial charge in [0.15, 0.2) is 5.13 Å². The van der Waals surface area contributed by atoms with Gasteiger partial charge in [0.2, 0.25) is 5.91 Å². The zero-order valence-electron chi connectivity index (χ0n) is 14.5. The molecule has 138 valence electrons. The van der Waals surface area contributed by atoms with Crippen LogP contribution in [-0.4, -0.2) is 23.3 Å². The molecule has 3 aromatic rings. The first-order chi connectivity index (χ1) is 13.0. The van der Waals surface area contributed by atoms with Crippen LogP contribution in [0.25, 0.3) is 0 Å². The fraction of sp³-hybridized carbons (Fsp3) is 0.105. The number of aryl methyl sites for hydroxylation is 1. The lowest BCUT2D eigenvalue weighted by Crippen LogP contribution is -2.33. The summed E-state index contributed by atoms with van der Waals surface area (Å²) in [5, 5.41) is 11.2. The van der Waals surface area contributed by atoms with Gasteiger partial charge in [0.25, 0.3) is 5.91 Å². The molecule has 2 aromatic carbocycles. The molecule has 0 fully saturated rings. The highest BCUT2D eigenvalue weighted by Crippen LogP contribution is 2.26. The Labute approximate surface area is 165 Å². The van der Waals surface area contributed by atoms with Gasteiger partial charge in [-0.3, -0.25) is 9.59 Å². The van der Waals surface area contributed by atoms with E-state index in [4.69, 9.17) is 11.6 Å². The number of para-hydroxylation sites is 1. The average Bonchev–Trinajstić information content (AvgIpc) is 3.12. The van der Waals surface area contributed by atoms with E-state index in [2.05, 4.69) is 20.9 Å². The van der Waals surface area contributed by atoms with Crippen molar-refractivity contribution in [1.82, 2.24) is 10.3 Å². The van der Waals surface area contributed by atoms with E-state index < -0.39 is 5.91 Å². The number of anilines is 3. The van der Waals surface area contributed by atoms with Gasteiger partial charge in [0.1, 0.15) is 5.69 Å². The van der Waals surface area contributed by atoms with Gasteiger partial charge in [-0.05, 0) is 36.8 Å². The van der Waals surface area contributed by atoms with Crippen LogP contribution in [0.15, 0.2) is 53.9 Å². The lowest BCUT2D eigenvalue weighted by molar-refractivity contribution is -0.115. The molecule has 1 heterocycles. The van der Waals surface area contributed by atoms with Crippen molar-refractivity contribution in [3.63, 3.8) is 0 Å². The molecule has 3 N–H and O–H groups in total. The molecule has 8 heteroatoms. The van der Waals surface area contributed by atoms with Crippen LogP contribution in [-0.2, 0) is 4.79 Å². The fourth-order valence-electron chi connectivity index (χ4n) is 2.26. The number of nitrogens with one attached hydrogen (secondary N) is 3. The minimum Gasteiger partial charge on any atom is -0.342 e. The Hall–Kier alpha value is -2.90. The summed E-state index contributed by atoms with van der Waals surface area (Å²) in [6.07, 6.45) is 0. The number of rotatable bonds is 6. The summed E-state index contributed by atoms with van der Waals surface area (Å²) in [6, 6.07) is 14.5. The van der Waals surface area contributed by atoms with E-state index in [1.165, 1.54) is 11.3 Å². The minimum atomic E-state index is -0.412. The Balaban J connectivity index is 1.55. The van der Waals surface area contributed by atoms with E-state index in [-0.39, 0.29) is 18.1 Å². The summed E-state index contributed by atoms with van der Waals surface area (Å²) in [5.74, 6) is -0.719. The van der Waals surface area contributed by atoms with E-state index in [9.17, 15) is 9.59 Å². The van der Waals surface area contributed by atoms with Crippen molar-refractivity contribution in [1.29, 1.82) is 0 Å². The lowest BCUT2D eigenvalue weighted by atomic mass is 10.2. The van der Waals surface area contributed by atoms with Gasteiger partial charge in [-0.25, -0.2) is 4.98 Å². The normalized spacial score (nSPS) is 10.3. The summed E-state index contributed by atoms with van der Waals surface area (Å²) in [5.41, 5.74) is 2.76. The smallest absolute Gasteiger partial charge is 0.271 e. The van der Waals surface area contributed by atoms with Crippen molar-refractivity contribution >= 4 is 51.3 Å². The molecule has 0 aliphatic heterocycles. The molecule has 0 saturated carbocycles. The molecule has 0 spiro atoms. The van der Waals surface area contributed by atoms with Gasteiger partial charge < -0.3 is 16.0 Å². The van der Waals surface area contributed by atoms with E-state index in [0.29, 0.717) is 15.8 Å². The monoisotopic (exact) mass is 400 g/mol.